The summed E-state index contributed by atoms with van der Waals surface area (Å²) in [7, 11) is 4.34. The lowest BCUT2D eigenvalue weighted by molar-refractivity contribution is 0.253. The van der Waals surface area contributed by atoms with Crippen LogP contribution in [0.4, 0.5) is 5.69 Å². The highest BCUT2D eigenvalue weighted by molar-refractivity contribution is 6.31. The molecule has 1 heterocycles. The molecule has 0 radical (unpaired) electrons. The molecular formula is C14H22ClN3. The summed E-state index contributed by atoms with van der Waals surface area (Å²) in [6.45, 7) is 2.84. The Morgan fingerprint density at radius 1 is 1.39 bits per heavy atom. The minimum Gasteiger partial charge on any atom is -0.371 e. The highest BCUT2D eigenvalue weighted by Gasteiger charge is 2.21. The van der Waals surface area contributed by atoms with E-state index < -0.39 is 0 Å². The first-order chi connectivity index (χ1) is 8.61. The minimum atomic E-state index is 0.497. The van der Waals surface area contributed by atoms with Gasteiger partial charge in [0.25, 0.3) is 0 Å². The molecule has 1 saturated heterocycles. The van der Waals surface area contributed by atoms with E-state index in [2.05, 4.69) is 30.0 Å². The summed E-state index contributed by atoms with van der Waals surface area (Å²) in [6.07, 6.45) is 2.42. The van der Waals surface area contributed by atoms with Gasteiger partial charge in [-0.05, 0) is 50.7 Å². The van der Waals surface area contributed by atoms with Gasteiger partial charge in [0.1, 0.15) is 0 Å². The third-order valence-electron chi connectivity index (χ3n) is 3.90. The average molecular weight is 268 g/mol. The smallest absolute Gasteiger partial charge is 0.0471 e. The topological polar surface area (TPSA) is 32.5 Å². The molecule has 0 unspecified atom stereocenters. The Morgan fingerprint density at radius 3 is 2.61 bits per heavy atom. The molecule has 3 nitrogen and oxygen atoms in total. The van der Waals surface area contributed by atoms with Crippen LogP contribution in [-0.4, -0.2) is 38.1 Å². The summed E-state index contributed by atoms with van der Waals surface area (Å²) in [5.74, 6) is 0. The standard InChI is InChI=1S/C14H22ClN3/c1-17-7-5-12(6-8-17)18(2)13-4-3-11(10-16)14(15)9-13/h3-4,9,12H,5-8,10,16H2,1-2H3. The van der Waals surface area contributed by atoms with Crippen molar-refractivity contribution in [3.05, 3.63) is 28.8 Å². The maximum atomic E-state index is 6.22. The highest BCUT2D eigenvalue weighted by Crippen LogP contribution is 2.26. The molecule has 2 rings (SSSR count). The van der Waals surface area contributed by atoms with E-state index in [0.29, 0.717) is 12.6 Å². The molecule has 1 aromatic rings. The van der Waals surface area contributed by atoms with Crippen LogP contribution in [0.1, 0.15) is 18.4 Å². The van der Waals surface area contributed by atoms with Crippen molar-refractivity contribution in [3.8, 4) is 0 Å². The average Bonchev–Trinajstić information content (AvgIpc) is 2.38. The molecule has 1 aliphatic rings. The molecular weight excluding hydrogens is 246 g/mol. The second kappa shape index (κ2) is 5.91. The monoisotopic (exact) mass is 267 g/mol. The number of benzene rings is 1. The number of nitrogens with zero attached hydrogens (tertiary/aromatic N) is 2. The fourth-order valence-corrected chi connectivity index (χ4v) is 2.77. The first kappa shape index (κ1) is 13.7. The van der Waals surface area contributed by atoms with Crippen molar-refractivity contribution in [1.29, 1.82) is 0 Å². The number of rotatable bonds is 3. The van der Waals surface area contributed by atoms with E-state index in [0.717, 1.165) is 10.6 Å². The molecule has 0 atom stereocenters. The zero-order chi connectivity index (χ0) is 13.1. The summed E-state index contributed by atoms with van der Waals surface area (Å²) in [5.41, 5.74) is 7.83. The Balaban J connectivity index is 2.08. The zero-order valence-corrected chi connectivity index (χ0v) is 12.0. The van der Waals surface area contributed by atoms with Crippen molar-refractivity contribution in [2.24, 2.45) is 5.73 Å². The van der Waals surface area contributed by atoms with E-state index in [-0.39, 0.29) is 0 Å². The van der Waals surface area contributed by atoms with Gasteiger partial charge < -0.3 is 15.5 Å². The van der Waals surface area contributed by atoms with Gasteiger partial charge in [-0.1, -0.05) is 17.7 Å². The van der Waals surface area contributed by atoms with Gasteiger partial charge in [-0.3, -0.25) is 0 Å². The van der Waals surface area contributed by atoms with Crippen LogP contribution in [0.2, 0.25) is 5.02 Å². The maximum Gasteiger partial charge on any atom is 0.0471 e. The predicted molar refractivity (Wildman–Crippen MR) is 78.3 cm³/mol. The Bertz CT molecular complexity index is 400. The van der Waals surface area contributed by atoms with Crippen LogP contribution in [0.15, 0.2) is 18.2 Å². The van der Waals surface area contributed by atoms with Crippen LogP contribution in [0.3, 0.4) is 0 Å². The normalized spacial score (nSPS) is 18.0. The van der Waals surface area contributed by atoms with E-state index >= 15 is 0 Å². The van der Waals surface area contributed by atoms with Crippen LogP contribution in [0, 0.1) is 0 Å². The minimum absolute atomic E-state index is 0.497. The Kier molecular flexibility index (Phi) is 4.49. The first-order valence-electron chi connectivity index (χ1n) is 6.51. The molecule has 0 saturated carbocycles. The van der Waals surface area contributed by atoms with Gasteiger partial charge in [0.2, 0.25) is 0 Å². The fraction of sp³-hybridized carbons (Fsp3) is 0.571. The Labute approximate surface area is 115 Å². The van der Waals surface area contributed by atoms with E-state index in [9.17, 15) is 0 Å². The van der Waals surface area contributed by atoms with E-state index in [1.165, 1.54) is 31.6 Å². The summed E-state index contributed by atoms with van der Waals surface area (Å²) in [5, 5.41) is 0.773. The van der Waals surface area contributed by atoms with Crippen LogP contribution in [0.25, 0.3) is 0 Å². The lowest BCUT2D eigenvalue weighted by Crippen LogP contribution is -2.42. The molecule has 1 fully saturated rings. The number of halogens is 1. The van der Waals surface area contributed by atoms with Crippen LogP contribution in [-0.2, 0) is 6.54 Å². The van der Waals surface area contributed by atoms with Crippen molar-refractivity contribution in [1.82, 2.24) is 4.90 Å². The molecule has 0 aromatic heterocycles. The molecule has 0 amide bonds. The number of nitrogens with two attached hydrogens (primary N) is 1. The maximum absolute atomic E-state index is 6.22. The van der Waals surface area contributed by atoms with Gasteiger partial charge in [-0.2, -0.15) is 0 Å². The molecule has 1 aromatic carbocycles. The van der Waals surface area contributed by atoms with Gasteiger partial charge in [0, 0.05) is 30.3 Å². The van der Waals surface area contributed by atoms with Crippen molar-refractivity contribution in [2.45, 2.75) is 25.4 Å². The molecule has 4 heteroatoms. The van der Waals surface area contributed by atoms with Gasteiger partial charge in [0.05, 0.1) is 0 Å². The van der Waals surface area contributed by atoms with Crippen molar-refractivity contribution in [3.63, 3.8) is 0 Å². The largest absolute Gasteiger partial charge is 0.371 e. The molecule has 1 aliphatic heterocycles. The lowest BCUT2D eigenvalue weighted by atomic mass is 10.0. The van der Waals surface area contributed by atoms with Crippen LogP contribution in [0.5, 0.6) is 0 Å². The van der Waals surface area contributed by atoms with Crippen molar-refractivity contribution < 1.29 is 0 Å². The van der Waals surface area contributed by atoms with Crippen molar-refractivity contribution in [2.75, 3.05) is 32.1 Å². The number of hydrogen-bond donors (Lipinski definition) is 1. The van der Waals surface area contributed by atoms with Gasteiger partial charge in [-0.15, -0.1) is 0 Å². The second-order valence-corrected chi connectivity index (χ2v) is 5.53. The molecule has 18 heavy (non-hydrogen) atoms. The molecule has 100 valence electrons. The number of hydrogen-bond acceptors (Lipinski definition) is 3. The van der Waals surface area contributed by atoms with Crippen LogP contribution < -0.4 is 10.6 Å². The lowest BCUT2D eigenvalue weighted by Gasteiger charge is -2.36. The summed E-state index contributed by atoms with van der Waals surface area (Å²) < 4.78 is 0. The molecule has 2 N–H and O–H groups in total. The fourth-order valence-electron chi connectivity index (χ4n) is 2.51. The summed E-state index contributed by atoms with van der Waals surface area (Å²) in [6, 6.07) is 6.79. The SMILES string of the molecule is CN1CCC(N(C)c2ccc(CN)c(Cl)c2)CC1. The molecule has 0 aliphatic carbocycles. The Hall–Kier alpha value is -0.770. The second-order valence-electron chi connectivity index (χ2n) is 5.13. The number of anilines is 1. The Morgan fingerprint density at radius 2 is 2.06 bits per heavy atom. The van der Waals surface area contributed by atoms with Gasteiger partial charge in [-0.25, -0.2) is 0 Å². The third-order valence-corrected chi connectivity index (χ3v) is 4.25. The molecule has 0 bridgehead atoms. The third kappa shape index (κ3) is 2.97. The van der Waals surface area contributed by atoms with Gasteiger partial charge >= 0.3 is 0 Å². The van der Waals surface area contributed by atoms with E-state index in [1.807, 2.05) is 12.1 Å². The number of piperidine rings is 1. The van der Waals surface area contributed by atoms with E-state index in [4.69, 9.17) is 17.3 Å². The van der Waals surface area contributed by atoms with Crippen LogP contribution >= 0.6 is 11.6 Å². The molecule has 0 spiro atoms. The zero-order valence-electron chi connectivity index (χ0n) is 11.2. The number of likely N-dealkylation sites (tertiary alicyclic amines) is 1. The summed E-state index contributed by atoms with van der Waals surface area (Å²) >= 11 is 6.22. The predicted octanol–water partition coefficient (Wildman–Crippen LogP) is 2.33. The highest BCUT2D eigenvalue weighted by atomic mass is 35.5. The van der Waals surface area contributed by atoms with E-state index in [1.54, 1.807) is 0 Å². The van der Waals surface area contributed by atoms with Crippen molar-refractivity contribution >= 4 is 17.3 Å². The van der Waals surface area contributed by atoms with Gasteiger partial charge in [0.15, 0.2) is 0 Å². The summed E-state index contributed by atoms with van der Waals surface area (Å²) in [4.78, 5) is 4.73. The quantitative estimate of drug-likeness (QED) is 0.912. The first-order valence-corrected chi connectivity index (χ1v) is 6.89.